The summed E-state index contributed by atoms with van der Waals surface area (Å²) < 4.78 is 11.4. The maximum atomic E-state index is 12.6. The zero-order valence-electron chi connectivity index (χ0n) is 16.7. The Hall–Kier alpha value is -3.85. The van der Waals surface area contributed by atoms with Crippen molar-refractivity contribution in [3.8, 4) is 11.5 Å². The van der Waals surface area contributed by atoms with Gasteiger partial charge in [-0.2, -0.15) is 0 Å². The Morgan fingerprint density at radius 1 is 0.800 bits per heavy atom. The smallest absolute Gasteiger partial charge is 0.185 e. The summed E-state index contributed by atoms with van der Waals surface area (Å²) in [6.07, 6.45) is 3.38. The zero-order chi connectivity index (χ0) is 20.8. The molecular formula is C27H22O3. The minimum atomic E-state index is -0.0378. The first kappa shape index (κ1) is 19.5. The molecule has 0 radical (unpaired) electrons. The van der Waals surface area contributed by atoms with E-state index in [1.54, 1.807) is 19.3 Å². The number of allylic oxidation sites excluding steroid dienone is 1. The Morgan fingerprint density at radius 2 is 1.57 bits per heavy atom. The predicted octanol–water partition coefficient (Wildman–Crippen LogP) is 6.32. The van der Waals surface area contributed by atoms with Crippen molar-refractivity contribution in [3.63, 3.8) is 0 Å². The maximum Gasteiger partial charge on any atom is 0.185 e. The van der Waals surface area contributed by atoms with E-state index in [0.29, 0.717) is 23.7 Å². The van der Waals surface area contributed by atoms with E-state index in [4.69, 9.17) is 9.47 Å². The summed E-state index contributed by atoms with van der Waals surface area (Å²) in [5.41, 5.74) is 2.62. The van der Waals surface area contributed by atoms with Crippen LogP contribution < -0.4 is 9.47 Å². The number of hydrogen-bond acceptors (Lipinski definition) is 3. The summed E-state index contributed by atoms with van der Waals surface area (Å²) in [4.78, 5) is 12.6. The lowest BCUT2D eigenvalue weighted by Crippen LogP contribution is -1.98. The molecule has 0 aliphatic carbocycles. The molecule has 3 heteroatoms. The number of ketones is 1. The fourth-order valence-electron chi connectivity index (χ4n) is 3.25. The van der Waals surface area contributed by atoms with Crippen molar-refractivity contribution in [1.82, 2.24) is 0 Å². The van der Waals surface area contributed by atoms with Crippen LogP contribution in [0.25, 0.3) is 16.8 Å². The summed E-state index contributed by atoms with van der Waals surface area (Å²) in [6.45, 7) is 0.465. The molecular weight excluding hydrogens is 372 g/mol. The van der Waals surface area contributed by atoms with E-state index in [2.05, 4.69) is 0 Å². The monoisotopic (exact) mass is 394 g/mol. The quantitative estimate of drug-likeness (QED) is 0.272. The number of benzene rings is 4. The van der Waals surface area contributed by atoms with Gasteiger partial charge in [0.1, 0.15) is 6.61 Å². The van der Waals surface area contributed by atoms with Gasteiger partial charge in [0.25, 0.3) is 0 Å². The van der Waals surface area contributed by atoms with Gasteiger partial charge in [0, 0.05) is 5.56 Å². The number of methoxy groups -OCH3 is 1. The summed E-state index contributed by atoms with van der Waals surface area (Å²) in [7, 11) is 1.61. The van der Waals surface area contributed by atoms with Crippen molar-refractivity contribution >= 4 is 22.6 Å². The van der Waals surface area contributed by atoms with E-state index in [1.165, 1.54) is 0 Å². The average molecular weight is 394 g/mol. The molecule has 0 N–H and O–H groups in total. The van der Waals surface area contributed by atoms with Crippen molar-refractivity contribution in [2.45, 2.75) is 6.61 Å². The van der Waals surface area contributed by atoms with Gasteiger partial charge in [-0.3, -0.25) is 4.79 Å². The van der Waals surface area contributed by atoms with Gasteiger partial charge in [0.2, 0.25) is 0 Å². The van der Waals surface area contributed by atoms with E-state index in [1.807, 2.05) is 91.0 Å². The van der Waals surface area contributed by atoms with Crippen LogP contribution in [0.15, 0.2) is 97.1 Å². The third kappa shape index (κ3) is 4.58. The Balaban J connectivity index is 1.47. The van der Waals surface area contributed by atoms with Crippen molar-refractivity contribution in [1.29, 1.82) is 0 Å². The first-order valence-electron chi connectivity index (χ1n) is 9.79. The number of carbonyl (C=O) groups is 1. The second-order valence-electron chi connectivity index (χ2n) is 6.94. The van der Waals surface area contributed by atoms with Crippen LogP contribution in [-0.2, 0) is 6.61 Å². The third-order valence-electron chi connectivity index (χ3n) is 4.89. The van der Waals surface area contributed by atoms with Crippen LogP contribution in [0.5, 0.6) is 11.5 Å². The standard InChI is InChI=1S/C27H22O3/c1-29-27-17-20(12-16-26(27)30-19-21-7-3-2-4-8-21)11-15-25(28)24-14-13-22-9-5-6-10-23(22)18-24/h2-18H,19H2,1H3/b15-11+. The van der Waals surface area contributed by atoms with Crippen LogP contribution in [-0.4, -0.2) is 12.9 Å². The van der Waals surface area contributed by atoms with E-state index >= 15 is 0 Å². The predicted molar refractivity (Wildman–Crippen MR) is 121 cm³/mol. The molecule has 0 atom stereocenters. The highest BCUT2D eigenvalue weighted by Crippen LogP contribution is 2.29. The highest BCUT2D eigenvalue weighted by Gasteiger charge is 2.07. The second-order valence-corrected chi connectivity index (χ2v) is 6.94. The number of rotatable bonds is 7. The molecule has 148 valence electrons. The van der Waals surface area contributed by atoms with Gasteiger partial charge in [-0.25, -0.2) is 0 Å². The minimum absolute atomic E-state index is 0.0378. The lowest BCUT2D eigenvalue weighted by molar-refractivity contribution is 0.104. The molecule has 0 unspecified atom stereocenters. The molecule has 0 saturated heterocycles. The lowest BCUT2D eigenvalue weighted by Gasteiger charge is -2.11. The number of carbonyl (C=O) groups excluding carboxylic acids is 1. The van der Waals surface area contributed by atoms with Gasteiger partial charge in [0.05, 0.1) is 7.11 Å². The summed E-state index contributed by atoms with van der Waals surface area (Å²) in [5, 5.41) is 2.17. The summed E-state index contributed by atoms with van der Waals surface area (Å²) in [5.74, 6) is 1.26. The Labute approximate surface area is 176 Å². The third-order valence-corrected chi connectivity index (χ3v) is 4.89. The van der Waals surface area contributed by atoms with E-state index in [9.17, 15) is 4.79 Å². The van der Waals surface area contributed by atoms with Gasteiger partial charge in [0.15, 0.2) is 17.3 Å². The molecule has 3 nitrogen and oxygen atoms in total. The SMILES string of the molecule is COc1cc(/C=C/C(=O)c2ccc3ccccc3c2)ccc1OCc1ccccc1. The molecule has 4 rings (SSSR count). The van der Waals surface area contributed by atoms with Crippen LogP contribution >= 0.6 is 0 Å². The van der Waals surface area contributed by atoms with Gasteiger partial charge >= 0.3 is 0 Å². The van der Waals surface area contributed by atoms with Crippen LogP contribution in [0, 0.1) is 0 Å². The normalized spacial score (nSPS) is 11.0. The second kappa shape index (κ2) is 9.10. The molecule has 0 saturated carbocycles. The van der Waals surface area contributed by atoms with Crippen molar-refractivity contribution < 1.29 is 14.3 Å². The van der Waals surface area contributed by atoms with Gasteiger partial charge in [-0.15, -0.1) is 0 Å². The van der Waals surface area contributed by atoms with Crippen LogP contribution in [0.3, 0.4) is 0 Å². The summed E-state index contributed by atoms with van der Waals surface area (Å²) >= 11 is 0. The summed E-state index contributed by atoms with van der Waals surface area (Å²) in [6, 6.07) is 29.4. The van der Waals surface area contributed by atoms with E-state index in [0.717, 1.165) is 21.9 Å². The fraction of sp³-hybridized carbons (Fsp3) is 0.0741. The van der Waals surface area contributed by atoms with Crippen LogP contribution in [0.1, 0.15) is 21.5 Å². The van der Waals surface area contributed by atoms with Gasteiger partial charge in [-0.1, -0.05) is 78.9 Å². The fourth-order valence-corrected chi connectivity index (χ4v) is 3.25. The lowest BCUT2D eigenvalue weighted by atomic mass is 10.0. The van der Waals surface area contributed by atoms with Crippen LogP contribution in [0.2, 0.25) is 0 Å². The highest BCUT2D eigenvalue weighted by atomic mass is 16.5. The number of hydrogen-bond donors (Lipinski definition) is 0. The van der Waals surface area contributed by atoms with E-state index in [-0.39, 0.29) is 5.78 Å². The molecule has 0 bridgehead atoms. The van der Waals surface area contributed by atoms with E-state index < -0.39 is 0 Å². The minimum Gasteiger partial charge on any atom is -0.493 e. The molecule has 30 heavy (non-hydrogen) atoms. The first-order chi connectivity index (χ1) is 14.7. The molecule has 0 spiro atoms. The van der Waals surface area contributed by atoms with Crippen molar-refractivity contribution in [2.24, 2.45) is 0 Å². The Kier molecular flexibility index (Phi) is 5.90. The number of ether oxygens (including phenoxy) is 2. The topological polar surface area (TPSA) is 35.5 Å². The first-order valence-corrected chi connectivity index (χ1v) is 9.79. The Bertz CT molecular complexity index is 1190. The van der Waals surface area contributed by atoms with Crippen molar-refractivity contribution in [3.05, 3.63) is 114 Å². The highest BCUT2D eigenvalue weighted by molar-refractivity contribution is 6.08. The number of fused-ring (bicyclic) bond motifs is 1. The zero-order valence-corrected chi connectivity index (χ0v) is 16.7. The average Bonchev–Trinajstić information content (AvgIpc) is 2.81. The van der Waals surface area contributed by atoms with Crippen LogP contribution in [0.4, 0.5) is 0 Å². The molecule has 0 aliphatic rings. The maximum absolute atomic E-state index is 12.6. The Morgan fingerprint density at radius 3 is 2.37 bits per heavy atom. The van der Waals surface area contributed by atoms with Gasteiger partial charge in [-0.05, 0) is 46.2 Å². The molecule has 0 amide bonds. The van der Waals surface area contributed by atoms with Gasteiger partial charge < -0.3 is 9.47 Å². The molecule has 4 aromatic carbocycles. The molecule has 4 aromatic rings. The largest absolute Gasteiger partial charge is 0.493 e. The van der Waals surface area contributed by atoms with Crippen molar-refractivity contribution in [2.75, 3.05) is 7.11 Å². The molecule has 0 aliphatic heterocycles. The molecule has 0 aromatic heterocycles. The molecule has 0 heterocycles. The molecule has 0 fully saturated rings.